The van der Waals surface area contributed by atoms with Crippen molar-refractivity contribution in [1.29, 1.82) is 0 Å². The molecule has 0 aromatic heterocycles. The van der Waals surface area contributed by atoms with Crippen LogP contribution in [0.15, 0.2) is 0 Å². The third kappa shape index (κ3) is 3.03. The van der Waals surface area contributed by atoms with Gasteiger partial charge in [-0.15, -0.1) is 0 Å². The van der Waals surface area contributed by atoms with Gasteiger partial charge in [0.05, 0.1) is 0 Å². The number of hydrogen-bond donors (Lipinski definition) is 1. The molecule has 0 aromatic rings. The van der Waals surface area contributed by atoms with Gasteiger partial charge in [0.1, 0.15) is 0 Å². The normalized spacial score (nSPS) is 18.7. The van der Waals surface area contributed by atoms with Gasteiger partial charge in [0.15, 0.2) is 0 Å². The lowest BCUT2D eigenvalue weighted by Gasteiger charge is -2.20. The molecule has 0 radical (unpaired) electrons. The quantitative estimate of drug-likeness (QED) is 0.503. The van der Waals surface area contributed by atoms with Crippen LogP contribution in [-0.2, 0) is 9.59 Å². The molecule has 3 nitrogen and oxygen atoms in total. The van der Waals surface area contributed by atoms with Gasteiger partial charge >= 0.3 is 0 Å². The zero-order valence-electron chi connectivity index (χ0n) is 7.21. The van der Waals surface area contributed by atoms with E-state index < -0.39 is 5.91 Å². The maximum atomic E-state index is 10.6. The van der Waals surface area contributed by atoms with E-state index in [9.17, 15) is 9.59 Å². The highest BCUT2D eigenvalue weighted by molar-refractivity contribution is 6.23. The summed E-state index contributed by atoms with van der Waals surface area (Å²) in [6, 6.07) is 0. The van der Waals surface area contributed by atoms with E-state index >= 15 is 0 Å². The summed E-state index contributed by atoms with van der Waals surface area (Å²) in [7, 11) is 0. The van der Waals surface area contributed by atoms with Crippen molar-refractivity contribution in [3.05, 3.63) is 0 Å². The van der Waals surface area contributed by atoms with E-state index in [1.54, 1.807) is 0 Å². The average Bonchev–Trinajstić information content (AvgIpc) is 2.16. The highest BCUT2D eigenvalue weighted by atomic mass is 16.2. The molecule has 1 rings (SSSR count). The maximum Gasteiger partial charge on any atom is 0.284 e. The molecule has 0 aromatic carbocycles. The van der Waals surface area contributed by atoms with Crippen molar-refractivity contribution in [3.63, 3.8) is 0 Å². The molecule has 0 unspecified atom stereocenters. The van der Waals surface area contributed by atoms with Crippen LogP contribution in [0, 0.1) is 5.92 Å². The first-order chi connectivity index (χ1) is 5.83. The minimum atomic E-state index is -0.486. The highest BCUT2D eigenvalue weighted by Gasteiger charge is 2.13. The lowest BCUT2D eigenvalue weighted by Crippen LogP contribution is -2.30. The van der Waals surface area contributed by atoms with Crippen LogP contribution in [0.1, 0.15) is 32.1 Å². The summed E-state index contributed by atoms with van der Waals surface area (Å²) in [6.45, 7) is 0.678. The minimum absolute atomic E-state index is 0.336. The molecule has 1 fully saturated rings. The molecule has 0 atom stereocenters. The molecule has 3 heteroatoms. The topological polar surface area (TPSA) is 46.2 Å². The molecule has 0 aliphatic heterocycles. The van der Waals surface area contributed by atoms with Crippen molar-refractivity contribution in [2.45, 2.75) is 32.1 Å². The van der Waals surface area contributed by atoms with E-state index in [1.807, 2.05) is 0 Å². The fraction of sp³-hybridized carbons (Fsp3) is 0.778. The molecule has 1 N–H and O–H groups in total. The SMILES string of the molecule is O=CC(=O)NCC1CCCCC1. The number of hydrogen-bond acceptors (Lipinski definition) is 2. The fourth-order valence-corrected chi connectivity index (χ4v) is 1.68. The van der Waals surface area contributed by atoms with Crippen LogP contribution < -0.4 is 5.32 Å². The van der Waals surface area contributed by atoms with Crippen LogP contribution >= 0.6 is 0 Å². The van der Waals surface area contributed by atoms with Gasteiger partial charge in [-0.2, -0.15) is 0 Å². The summed E-state index contributed by atoms with van der Waals surface area (Å²) in [5, 5.41) is 2.60. The fourth-order valence-electron chi connectivity index (χ4n) is 1.68. The van der Waals surface area contributed by atoms with Crippen molar-refractivity contribution < 1.29 is 9.59 Å². The molecule has 0 spiro atoms. The second-order valence-electron chi connectivity index (χ2n) is 3.37. The van der Waals surface area contributed by atoms with Crippen LogP contribution in [0.5, 0.6) is 0 Å². The predicted octanol–water partition coefficient (Wildman–Crippen LogP) is 0.882. The Hall–Kier alpha value is -0.860. The summed E-state index contributed by atoms with van der Waals surface area (Å²) in [6.07, 6.45) is 6.57. The van der Waals surface area contributed by atoms with Crippen molar-refractivity contribution in [3.8, 4) is 0 Å². The van der Waals surface area contributed by atoms with Crippen LogP contribution in [-0.4, -0.2) is 18.7 Å². The van der Waals surface area contributed by atoms with Gasteiger partial charge in [-0.05, 0) is 18.8 Å². The van der Waals surface area contributed by atoms with E-state index in [0.29, 0.717) is 18.7 Å². The second kappa shape index (κ2) is 4.91. The summed E-state index contributed by atoms with van der Waals surface area (Å²) >= 11 is 0. The Morgan fingerprint density at radius 1 is 1.33 bits per heavy atom. The van der Waals surface area contributed by atoms with Crippen LogP contribution in [0.3, 0.4) is 0 Å². The lowest BCUT2D eigenvalue weighted by molar-refractivity contribution is -0.131. The molecule has 68 valence electrons. The first-order valence-electron chi connectivity index (χ1n) is 4.56. The van der Waals surface area contributed by atoms with Gasteiger partial charge in [0.25, 0.3) is 5.91 Å². The van der Waals surface area contributed by atoms with E-state index in [-0.39, 0.29) is 0 Å². The van der Waals surface area contributed by atoms with Gasteiger partial charge in [-0.25, -0.2) is 0 Å². The first-order valence-corrected chi connectivity index (χ1v) is 4.56. The van der Waals surface area contributed by atoms with Crippen molar-refractivity contribution in [1.82, 2.24) is 5.32 Å². The Kier molecular flexibility index (Phi) is 3.77. The molecule has 1 aliphatic carbocycles. The molecule has 12 heavy (non-hydrogen) atoms. The Balaban J connectivity index is 2.12. The third-order valence-corrected chi connectivity index (χ3v) is 2.40. The summed E-state index contributed by atoms with van der Waals surface area (Å²) in [5.41, 5.74) is 0. The van der Waals surface area contributed by atoms with Gasteiger partial charge in [-0.3, -0.25) is 9.59 Å². The zero-order chi connectivity index (χ0) is 8.81. The standard InChI is InChI=1S/C9H15NO2/c11-7-9(12)10-6-8-4-2-1-3-5-8/h7-8H,1-6H2,(H,10,12). The lowest BCUT2D eigenvalue weighted by atomic mass is 9.89. The molecule has 1 amide bonds. The number of carbonyl (C=O) groups excluding carboxylic acids is 2. The van der Waals surface area contributed by atoms with Gasteiger partial charge in [0, 0.05) is 6.54 Å². The highest BCUT2D eigenvalue weighted by Crippen LogP contribution is 2.22. The minimum Gasteiger partial charge on any atom is -0.349 e. The van der Waals surface area contributed by atoms with E-state index in [4.69, 9.17) is 0 Å². The summed E-state index contributed by atoms with van der Waals surface area (Å²) in [5.74, 6) is 0.114. The number of nitrogens with one attached hydrogen (secondary N) is 1. The molecule has 1 saturated carbocycles. The number of carbonyl (C=O) groups is 2. The van der Waals surface area contributed by atoms with Gasteiger partial charge in [0.2, 0.25) is 6.29 Å². The molecular formula is C9H15NO2. The number of amides is 1. The monoisotopic (exact) mass is 169 g/mol. The predicted molar refractivity (Wildman–Crippen MR) is 45.6 cm³/mol. The van der Waals surface area contributed by atoms with Gasteiger partial charge < -0.3 is 5.32 Å². The third-order valence-electron chi connectivity index (χ3n) is 2.40. The largest absolute Gasteiger partial charge is 0.349 e. The van der Waals surface area contributed by atoms with Crippen molar-refractivity contribution in [2.75, 3.05) is 6.54 Å². The van der Waals surface area contributed by atoms with Crippen molar-refractivity contribution in [2.24, 2.45) is 5.92 Å². The molecule has 1 aliphatic rings. The Morgan fingerprint density at radius 3 is 2.58 bits per heavy atom. The molecule has 0 saturated heterocycles. The molecule has 0 bridgehead atoms. The van der Waals surface area contributed by atoms with Crippen LogP contribution in [0.4, 0.5) is 0 Å². The Labute approximate surface area is 72.5 Å². The number of rotatable bonds is 3. The maximum absolute atomic E-state index is 10.6. The van der Waals surface area contributed by atoms with Crippen molar-refractivity contribution >= 4 is 12.2 Å². The second-order valence-corrected chi connectivity index (χ2v) is 3.37. The van der Waals surface area contributed by atoms with E-state index in [2.05, 4.69) is 5.32 Å². The molecular weight excluding hydrogens is 154 g/mol. The average molecular weight is 169 g/mol. The number of aldehydes is 1. The van der Waals surface area contributed by atoms with E-state index in [0.717, 1.165) is 0 Å². The Bertz CT molecular complexity index is 162. The molecule has 0 heterocycles. The summed E-state index contributed by atoms with van der Waals surface area (Å²) < 4.78 is 0. The Morgan fingerprint density at radius 2 is 2.00 bits per heavy atom. The summed E-state index contributed by atoms with van der Waals surface area (Å²) in [4.78, 5) is 20.5. The van der Waals surface area contributed by atoms with Gasteiger partial charge in [-0.1, -0.05) is 19.3 Å². The first kappa shape index (κ1) is 9.23. The van der Waals surface area contributed by atoms with Crippen LogP contribution in [0.25, 0.3) is 0 Å². The van der Waals surface area contributed by atoms with Crippen LogP contribution in [0.2, 0.25) is 0 Å². The smallest absolute Gasteiger partial charge is 0.284 e. The van der Waals surface area contributed by atoms with E-state index in [1.165, 1.54) is 32.1 Å². The zero-order valence-corrected chi connectivity index (χ0v) is 7.21.